The summed E-state index contributed by atoms with van der Waals surface area (Å²) in [5, 5.41) is 11.4. The number of aliphatic carboxylic acids is 1. The molecule has 0 aliphatic carbocycles. The van der Waals surface area contributed by atoms with Crippen molar-refractivity contribution < 1.29 is 24.2 Å². The maximum absolute atomic E-state index is 12.0. The Labute approximate surface area is 156 Å². The minimum absolute atomic E-state index is 0.0481. The minimum atomic E-state index is -0.842. The largest absolute Gasteiger partial charge is 0.494 e. The summed E-state index contributed by atoms with van der Waals surface area (Å²) in [6.45, 7) is 2.40. The standard InChI is InChI=1S/C19H21NO5S/c1-2-24-16-6-8-17(9-7-16)25-11-18(21)20-15-5-3-4-14(10-15)12-26-13-19(22)23/h3-10H,2,11-13H2,1H3,(H,20,21)(H,22,23). The predicted molar refractivity (Wildman–Crippen MR) is 102 cm³/mol. The lowest BCUT2D eigenvalue weighted by molar-refractivity contribution is -0.133. The summed E-state index contributed by atoms with van der Waals surface area (Å²) in [6.07, 6.45) is 0. The van der Waals surface area contributed by atoms with Crippen molar-refractivity contribution in [2.75, 3.05) is 24.3 Å². The zero-order valence-corrected chi connectivity index (χ0v) is 15.3. The lowest BCUT2D eigenvalue weighted by atomic mass is 10.2. The number of amides is 1. The third kappa shape index (κ3) is 7.06. The van der Waals surface area contributed by atoms with Crippen LogP contribution < -0.4 is 14.8 Å². The molecule has 1 amide bonds. The van der Waals surface area contributed by atoms with Gasteiger partial charge in [0.2, 0.25) is 0 Å². The molecule has 2 rings (SSSR count). The van der Waals surface area contributed by atoms with Gasteiger partial charge in [-0.25, -0.2) is 0 Å². The maximum Gasteiger partial charge on any atom is 0.313 e. The molecule has 0 unspecified atom stereocenters. The highest BCUT2D eigenvalue weighted by atomic mass is 32.2. The number of rotatable bonds is 10. The molecule has 0 aliphatic rings. The second-order valence-electron chi connectivity index (χ2n) is 5.33. The Morgan fingerprint density at radius 3 is 2.42 bits per heavy atom. The third-order valence-electron chi connectivity index (χ3n) is 3.21. The fourth-order valence-electron chi connectivity index (χ4n) is 2.14. The zero-order valence-electron chi connectivity index (χ0n) is 14.4. The normalized spacial score (nSPS) is 10.2. The van der Waals surface area contributed by atoms with Gasteiger partial charge >= 0.3 is 5.97 Å². The molecule has 138 valence electrons. The summed E-state index contributed by atoms with van der Waals surface area (Å²) in [5.74, 6) is 0.843. The number of ether oxygens (including phenoxy) is 2. The maximum atomic E-state index is 12.0. The van der Waals surface area contributed by atoms with Crippen LogP contribution in [0.3, 0.4) is 0 Å². The van der Waals surface area contributed by atoms with E-state index in [1.165, 1.54) is 11.8 Å². The first kappa shape index (κ1) is 19.7. The zero-order chi connectivity index (χ0) is 18.8. The number of hydrogen-bond acceptors (Lipinski definition) is 5. The van der Waals surface area contributed by atoms with Crippen LogP contribution in [0.15, 0.2) is 48.5 Å². The highest BCUT2D eigenvalue weighted by Crippen LogP contribution is 2.18. The van der Waals surface area contributed by atoms with Crippen molar-refractivity contribution in [1.82, 2.24) is 0 Å². The number of carboxylic acid groups (broad SMARTS) is 1. The van der Waals surface area contributed by atoms with E-state index < -0.39 is 5.97 Å². The number of carbonyl (C=O) groups excluding carboxylic acids is 1. The van der Waals surface area contributed by atoms with E-state index in [0.29, 0.717) is 23.8 Å². The summed E-state index contributed by atoms with van der Waals surface area (Å²) < 4.78 is 10.8. The Bertz CT molecular complexity index is 733. The van der Waals surface area contributed by atoms with Crippen molar-refractivity contribution >= 4 is 29.3 Å². The minimum Gasteiger partial charge on any atom is -0.494 e. The molecule has 26 heavy (non-hydrogen) atoms. The van der Waals surface area contributed by atoms with E-state index in [1.807, 2.05) is 25.1 Å². The molecule has 2 aromatic carbocycles. The highest BCUT2D eigenvalue weighted by molar-refractivity contribution is 7.99. The van der Waals surface area contributed by atoms with Crippen LogP contribution in [0.1, 0.15) is 12.5 Å². The molecule has 0 radical (unpaired) electrons. The Balaban J connectivity index is 1.80. The summed E-state index contributed by atoms with van der Waals surface area (Å²) in [4.78, 5) is 22.6. The van der Waals surface area contributed by atoms with Gasteiger partial charge in [-0.3, -0.25) is 9.59 Å². The lowest BCUT2D eigenvalue weighted by Crippen LogP contribution is -2.20. The van der Waals surface area contributed by atoms with Crippen LogP contribution in [0.2, 0.25) is 0 Å². The SMILES string of the molecule is CCOc1ccc(OCC(=O)Nc2cccc(CSCC(=O)O)c2)cc1. The topological polar surface area (TPSA) is 84.9 Å². The van der Waals surface area contributed by atoms with Crippen molar-refractivity contribution in [3.8, 4) is 11.5 Å². The molecule has 0 saturated carbocycles. The summed E-state index contributed by atoms with van der Waals surface area (Å²) in [7, 11) is 0. The van der Waals surface area contributed by atoms with Crippen LogP contribution in [0.25, 0.3) is 0 Å². The Hall–Kier alpha value is -2.67. The first-order valence-electron chi connectivity index (χ1n) is 8.11. The van der Waals surface area contributed by atoms with Crippen molar-refractivity contribution in [2.24, 2.45) is 0 Å². The molecular weight excluding hydrogens is 354 g/mol. The van der Waals surface area contributed by atoms with Crippen LogP contribution in [0, 0.1) is 0 Å². The van der Waals surface area contributed by atoms with Gasteiger partial charge in [-0.1, -0.05) is 12.1 Å². The summed E-state index contributed by atoms with van der Waals surface area (Å²) in [6, 6.07) is 14.4. The average Bonchev–Trinajstić information content (AvgIpc) is 2.61. The number of carboxylic acids is 1. The van der Waals surface area contributed by atoms with Crippen LogP contribution in [0.5, 0.6) is 11.5 Å². The van der Waals surface area contributed by atoms with Gasteiger partial charge in [-0.2, -0.15) is 0 Å². The fourth-order valence-corrected chi connectivity index (χ4v) is 2.83. The monoisotopic (exact) mass is 375 g/mol. The molecule has 6 nitrogen and oxygen atoms in total. The number of anilines is 1. The smallest absolute Gasteiger partial charge is 0.313 e. The van der Waals surface area contributed by atoms with Gasteiger partial charge in [0.05, 0.1) is 12.4 Å². The Kier molecular flexibility index (Phi) is 7.82. The molecule has 0 fully saturated rings. The van der Waals surface area contributed by atoms with Gasteiger partial charge in [0.25, 0.3) is 5.91 Å². The molecule has 0 saturated heterocycles. The predicted octanol–water partition coefficient (Wildman–Crippen LogP) is 3.42. The Morgan fingerprint density at radius 1 is 1.08 bits per heavy atom. The molecule has 2 aromatic rings. The van der Waals surface area contributed by atoms with E-state index in [2.05, 4.69) is 5.32 Å². The van der Waals surface area contributed by atoms with Gasteiger partial charge in [0, 0.05) is 11.4 Å². The van der Waals surface area contributed by atoms with Crippen LogP contribution >= 0.6 is 11.8 Å². The van der Waals surface area contributed by atoms with E-state index in [-0.39, 0.29) is 18.3 Å². The van der Waals surface area contributed by atoms with Gasteiger partial charge in [0.1, 0.15) is 11.5 Å². The molecular formula is C19H21NO5S. The quantitative estimate of drug-likeness (QED) is 0.662. The number of benzene rings is 2. The molecule has 7 heteroatoms. The van der Waals surface area contributed by atoms with Gasteiger partial charge in [0.15, 0.2) is 6.61 Å². The summed E-state index contributed by atoms with van der Waals surface area (Å²) >= 11 is 1.31. The first-order valence-corrected chi connectivity index (χ1v) is 9.26. The van der Waals surface area contributed by atoms with E-state index in [4.69, 9.17) is 14.6 Å². The Morgan fingerprint density at radius 2 is 1.77 bits per heavy atom. The number of nitrogens with one attached hydrogen (secondary N) is 1. The highest BCUT2D eigenvalue weighted by Gasteiger charge is 2.05. The molecule has 0 spiro atoms. The average molecular weight is 375 g/mol. The van der Waals surface area contributed by atoms with Crippen molar-refractivity contribution in [3.05, 3.63) is 54.1 Å². The molecule has 0 aromatic heterocycles. The van der Waals surface area contributed by atoms with Gasteiger partial charge in [-0.05, 0) is 48.9 Å². The van der Waals surface area contributed by atoms with Gasteiger partial charge in [-0.15, -0.1) is 11.8 Å². The lowest BCUT2D eigenvalue weighted by Gasteiger charge is -2.09. The van der Waals surface area contributed by atoms with Crippen molar-refractivity contribution in [1.29, 1.82) is 0 Å². The van der Waals surface area contributed by atoms with Crippen LogP contribution in [-0.2, 0) is 15.3 Å². The fraction of sp³-hybridized carbons (Fsp3) is 0.263. The number of carbonyl (C=O) groups is 2. The summed E-state index contributed by atoms with van der Waals surface area (Å²) in [5.41, 5.74) is 1.60. The third-order valence-corrected chi connectivity index (χ3v) is 4.20. The first-order chi connectivity index (χ1) is 12.6. The molecule has 2 N–H and O–H groups in total. The van der Waals surface area contributed by atoms with Crippen molar-refractivity contribution in [2.45, 2.75) is 12.7 Å². The van der Waals surface area contributed by atoms with Crippen LogP contribution in [0.4, 0.5) is 5.69 Å². The van der Waals surface area contributed by atoms with Crippen molar-refractivity contribution in [3.63, 3.8) is 0 Å². The van der Waals surface area contributed by atoms with E-state index >= 15 is 0 Å². The molecule has 0 heterocycles. The second-order valence-corrected chi connectivity index (χ2v) is 6.31. The van der Waals surface area contributed by atoms with E-state index in [9.17, 15) is 9.59 Å². The van der Waals surface area contributed by atoms with E-state index in [0.717, 1.165) is 11.3 Å². The molecule has 0 atom stereocenters. The van der Waals surface area contributed by atoms with E-state index in [1.54, 1.807) is 30.3 Å². The molecule has 0 aliphatic heterocycles. The second kappa shape index (κ2) is 10.4. The van der Waals surface area contributed by atoms with Crippen LogP contribution in [-0.4, -0.2) is 35.9 Å². The number of hydrogen-bond donors (Lipinski definition) is 2. The molecule has 0 bridgehead atoms. The van der Waals surface area contributed by atoms with Gasteiger partial charge < -0.3 is 19.9 Å². The number of thioether (sulfide) groups is 1.